The van der Waals surface area contributed by atoms with Crippen molar-refractivity contribution in [3.05, 3.63) is 11.7 Å². The third-order valence-corrected chi connectivity index (χ3v) is 3.61. The molecule has 0 unspecified atom stereocenters. The molecule has 0 spiro atoms. The van der Waals surface area contributed by atoms with Gasteiger partial charge in [0.25, 0.3) is 0 Å². The van der Waals surface area contributed by atoms with Gasteiger partial charge in [0, 0.05) is 24.2 Å². The Balaban J connectivity index is 1.97. The van der Waals surface area contributed by atoms with Crippen LogP contribution in [-0.2, 0) is 11.2 Å². The molecule has 1 fully saturated rings. The van der Waals surface area contributed by atoms with Crippen molar-refractivity contribution in [1.29, 1.82) is 0 Å². The van der Waals surface area contributed by atoms with Crippen molar-refractivity contribution in [3.8, 4) is 0 Å². The summed E-state index contributed by atoms with van der Waals surface area (Å²) in [5.74, 6) is 1.90. The summed E-state index contributed by atoms with van der Waals surface area (Å²) < 4.78 is 10.5. The first-order valence-electron chi connectivity index (χ1n) is 5.22. The van der Waals surface area contributed by atoms with Gasteiger partial charge in [-0.3, -0.25) is 0 Å². The molecule has 0 aromatic carbocycles. The van der Waals surface area contributed by atoms with Gasteiger partial charge in [-0.2, -0.15) is 16.7 Å². The number of nitrogens with zero attached hydrogens (tertiary/aromatic N) is 2. The first kappa shape index (κ1) is 11.0. The summed E-state index contributed by atoms with van der Waals surface area (Å²) in [6.45, 7) is 3.71. The minimum Gasteiger partial charge on any atom is -0.381 e. The van der Waals surface area contributed by atoms with Crippen molar-refractivity contribution in [2.75, 3.05) is 19.5 Å². The van der Waals surface area contributed by atoms with E-state index >= 15 is 0 Å². The Bertz CT molecular complexity index is 310. The molecule has 0 bridgehead atoms. The lowest BCUT2D eigenvalue weighted by Crippen LogP contribution is -2.03. The third kappa shape index (κ3) is 2.72. The Hall–Kier alpha value is -0.550. The van der Waals surface area contributed by atoms with Gasteiger partial charge in [-0.15, -0.1) is 0 Å². The Morgan fingerprint density at radius 3 is 3.13 bits per heavy atom. The van der Waals surface area contributed by atoms with E-state index in [9.17, 15) is 0 Å². The first-order valence-corrected chi connectivity index (χ1v) is 6.51. The smallest absolute Gasteiger partial charge is 0.227 e. The maximum atomic E-state index is 5.30. The second-order valence-electron chi connectivity index (χ2n) is 3.86. The van der Waals surface area contributed by atoms with E-state index in [4.69, 9.17) is 9.26 Å². The molecule has 0 radical (unpaired) electrons. The standard InChI is InChI=1S/C10H16N2O2S/c1-7(15-2)5-9-11-10(12-14-9)8-3-4-13-6-8/h7-8H,3-6H2,1-2H3/t7-,8+/m1/s1. The van der Waals surface area contributed by atoms with Gasteiger partial charge in [-0.25, -0.2) is 0 Å². The van der Waals surface area contributed by atoms with Gasteiger partial charge in [-0.05, 0) is 12.7 Å². The van der Waals surface area contributed by atoms with E-state index in [1.165, 1.54) is 0 Å². The number of rotatable bonds is 4. The number of thioether (sulfide) groups is 1. The van der Waals surface area contributed by atoms with Crippen LogP contribution in [0.5, 0.6) is 0 Å². The monoisotopic (exact) mass is 228 g/mol. The molecule has 0 N–H and O–H groups in total. The molecular weight excluding hydrogens is 212 g/mol. The van der Waals surface area contributed by atoms with E-state index in [1.54, 1.807) is 0 Å². The maximum absolute atomic E-state index is 5.30. The number of aromatic nitrogens is 2. The minimum absolute atomic E-state index is 0.340. The number of ether oxygens (including phenoxy) is 1. The molecule has 0 saturated carbocycles. The Kier molecular flexibility index (Phi) is 3.64. The first-order chi connectivity index (χ1) is 7.29. The lowest BCUT2D eigenvalue weighted by Gasteiger charge is -2.02. The lowest BCUT2D eigenvalue weighted by molar-refractivity contribution is 0.192. The molecule has 1 aliphatic heterocycles. The van der Waals surface area contributed by atoms with Gasteiger partial charge < -0.3 is 9.26 Å². The zero-order valence-electron chi connectivity index (χ0n) is 9.10. The highest BCUT2D eigenvalue weighted by molar-refractivity contribution is 7.99. The van der Waals surface area contributed by atoms with Crippen LogP contribution in [0.15, 0.2) is 4.52 Å². The molecule has 1 aliphatic rings. The summed E-state index contributed by atoms with van der Waals surface area (Å²) in [5.41, 5.74) is 0. The Labute approximate surface area is 93.8 Å². The van der Waals surface area contributed by atoms with Crippen LogP contribution in [0.1, 0.15) is 31.0 Å². The molecule has 15 heavy (non-hydrogen) atoms. The summed E-state index contributed by atoms with van der Waals surface area (Å²) in [6, 6.07) is 0. The average molecular weight is 228 g/mol. The fraction of sp³-hybridized carbons (Fsp3) is 0.800. The summed E-state index contributed by atoms with van der Waals surface area (Å²) in [5, 5.41) is 4.54. The van der Waals surface area contributed by atoms with E-state index in [0.29, 0.717) is 11.2 Å². The van der Waals surface area contributed by atoms with Crippen molar-refractivity contribution in [2.45, 2.75) is 30.9 Å². The SMILES string of the molecule is CS[C@H](C)Cc1nc([C@H]2CCOC2)no1. The average Bonchev–Trinajstić information content (AvgIpc) is 2.85. The molecule has 84 valence electrons. The van der Waals surface area contributed by atoms with E-state index < -0.39 is 0 Å². The largest absolute Gasteiger partial charge is 0.381 e. The highest BCUT2D eigenvalue weighted by Gasteiger charge is 2.23. The Morgan fingerprint density at radius 1 is 1.60 bits per heavy atom. The summed E-state index contributed by atoms with van der Waals surface area (Å²) >= 11 is 1.81. The van der Waals surface area contributed by atoms with Gasteiger partial charge >= 0.3 is 0 Å². The topological polar surface area (TPSA) is 48.2 Å². The molecule has 5 heteroatoms. The van der Waals surface area contributed by atoms with Crippen LogP contribution in [0.2, 0.25) is 0 Å². The van der Waals surface area contributed by atoms with Crippen LogP contribution >= 0.6 is 11.8 Å². The van der Waals surface area contributed by atoms with Gasteiger partial charge in [0.15, 0.2) is 5.82 Å². The van der Waals surface area contributed by atoms with E-state index in [2.05, 4.69) is 23.3 Å². The van der Waals surface area contributed by atoms with Crippen molar-refractivity contribution < 1.29 is 9.26 Å². The van der Waals surface area contributed by atoms with Gasteiger partial charge in [-0.1, -0.05) is 12.1 Å². The quantitative estimate of drug-likeness (QED) is 0.787. The zero-order valence-corrected chi connectivity index (χ0v) is 9.92. The molecule has 2 atom stereocenters. The lowest BCUT2D eigenvalue weighted by atomic mass is 10.1. The van der Waals surface area contributed by atoms with E-state index in [0.717, 1.165) is 37.8 Å². The minimum atomic E-state index is 0.340. The van der Waals surface area contributed by atoms with Crippen LogP contribution in [0, 0.1) is 0 Å². The van der Waals surface area contributed by atoms with Crippen molar-refractivity contribution in [1.82, 2.24) is 10.1 Å². The summed E-state index contributed by atoms with van der Waals surface area (Å²) in [4.78, 5) is 4.41. The number of hydrogen-bond acceptors (Lipinski definition) is 5. The van der Waals surface area contributed by atoms with Crippen molar-refractivity contribution >= 4 is 11.8 Å². The Morgan fingerprint density at radius 2 is 2.47 bits per heavy atom. The van der Waals surface area contributed by atoms with E-state index in [1.807, 2.05) is 11.8 Å². The molecular formula is C10H16N2O2S. The van der Waals surface area contributed by atoms with Crippen LogP contribution in [0.3, 0.4) is 0 Å². The zero-order chi connectivity index (χ0) is 10.7. The molecule has 0 aliphatic carbocycles. The summed E-state index contributed by atoms with van der Waals surface area (Å²) in [6.07, 6.45) is 3.95. The predicted octanol–water partition coefficient (Wildman–Crippen LogP) is 1.87. The van der Waals surface area contributed by atoms with Gasteiger partial charge in [0.1, 0.15) is 0 Å². The second-order valence-corrected chi connectivity index (χ2v) is 5.13. The van der Waals surface area contributed by atoms with E-state index in [-0.39, 0.29) is 0 Å². The molecule has 2 heterocycles. The third-order valence-electron chi connectivity index (χ3n) is 2.64. The fourth-order valence-corrected chi connectivity index (χ4v) is 1.89. The van der Waals surface area contributed by atoms with Crippen LogP contribution < -0.4 is 0 Å². The molecule has 1 aromatic heterocycles. The molecule has 4 nitrogen and oxygen atoms in total. The molecule has 0 amide bonds. The number of hydrogen-bond donors (Lipinski definition) is 0. The van der Waals surface area contributed by atoms with Crippen molar-refractivity contribution in [3.63, 3.8) is 0 Å². The second kappa shape index (κ2) is 4.99. The predicted molar refractivity (Wildman–Crippen MR) is 59.2 cm³/mol. The van der Waals surface area contributed by atoms with Gasteiger partial charge in [0.05, 0.1) is 6.61 Å². The van der Waals surface area contributed by atoms with Crippen molar-refractivity contribution in [2.24, 2.45) is 0 Å². The highest BCUT2D eigenvalue weighted by Crippen LogP contribution is 2.23. The van der Waals surface area contributed by atoms with Crippen LogP contribution in [0.25, 0.3) is 0 Å². The molecule has 2 rings (SSSR count). The summed E-state index contributed by atoms with van der Waals surface area (Å²) in [7, 11) is 0. The molecule has 1 aromatic rings. The highest BCUT2D eigenvalue weighted by atomic mass is 32.2. The fourth-order valence-electron chi connectivity index (χ4n) is 1.58. The maximum Gasteiger partial charge on any atom is 0.227 e. The van der Waals surface area contributed by atoms with Crippen LogP contribution in [-0.4, -0.2) is 34.9 Å². The molecule has 1 saturated heterocycles. The normalized spacial score (nSPS) is 23.2. The van der Waals surface area contributed by atoms with Gasteiger partial charge in [0.2, 0.25) is 5.89 Å². The van der Waals surface area contributed by atoms with Crippen LogP contribution in [0.4, 0.5) is 0 Å².